The second-order valence-electron chi connectivity index (χ2n) is 7.10. The maximum Gasteiger partial charge on any atom is 0.238 e. The lowest BCUT2D eigenvalue weighted by Gasteiger charge is -2.38. The second-order valence-corrected chi connectivity index (χ2v) is 7.51. The van der Waals surface area contributed by atoms with Crippen molar-refractivity contribution in [3.63, 3.8) is 0 Å². The number of halogens is 1. The highest BCUT2D eigenvalue weighted by Gasteiger charge is 2.25. The van der Waals surface area contributed by atoms with Gasteiger partial charge in [-0.15, -0.1) is 0 Å². The topological polar surface area (TPSA) is 75.6 Å². The number of aryl methyl sites for hydroxylation is 1. The minimum atomic E-state index is 0.104. The predicted octanol–water partition coefficient (Wildman–Crippen LogP) is 3.82. The maximum absolute atomic E-state index is 12.6. The molecule has 1 aromatic carbocycles. The molecule has 3 heterocycles. The summed E-state index contributed by atoms with van der Waals surface area (Å²) in [6, 6.07) is 11.7. The Morgan fingerprint density at radius 2 is 1.97 bits per heavy atom. The van der Waals surface area contributed by atoms with Crippen molar-refractivity contribution in [1.82, 2.24) is 19.9 Å². The van der Waals surface area contributed by atoms with Crippen LogP contribution in [0.3, 0.4) is 0 Å². The summed E-state index contributed by atoms with van der Waals surface area (Å²) in [5.41, 5.74) is 1.12. The van der Waals surface area contributed by atoms with Gasteiger partial charge in [0.05, 0.1) is 6.26 Å². The quantitative estimate of drug-likeness (QED) is 0.610. The van der Waals surface area contributed by atoms with Crippen LogP contribution in [0.25, 0.3) is 11.6 Å². The number of amides is 1. The summed E-state index contributed by atoms with van der Waals surface area (Å²) in [7, 11) is 0. The molecule has 7 nitrogen and oxygen atoms in total. The molecule has 1 atom stereocenters. The van der Waals surface area contributed by atoms with Crippen LogP contribution < -0.4 is 0 Å². The van der Waals surface area contributed by atoms with Crippen molar-refractivity contribution in [2.75, 3.05) is 26.2 Å². The van der Waals surface area contributed by atoms with Crippen LogP contribution >= 0.6 is 11.6 Å². The van der Waals surface area contributed by atoms with Gasteiger partial charge >= 0.3 is 0 Å². The highest BCUT2D eigenvalue weighted by Crippen LogP contribution is 2.28. The van der Waals surface area contributed by atoms with Gasteiger partial charge in [-0.2, -0.15) is 4.98 Å². The van der Waals surface area contributed by atoms with Crippen molar-refractivity contribution in [2.45, 2.75) is 25.8 Å². The number of piperazine rings is 1. The Labute approximate surface area is 174 Å². The molecule has 2 aromatic heterocycles. The third-order valence-corrected chi connectivity index (χ3v) is 5.68. The molecule has 3 aromatic rings. The fourth-order valence-electron chi connectivity index (χ4n) is 3.60. The number of hydrogen-bond acceptors (Lipinski definition) is 6. The lowest BCUT2D eigenvalue weighted by molar-refractivity contribution is -0.133. The molecule has 1 fully saturated rings. The maximum atomic E-state index is 12.6. The number of rotatable bonds is 6. The Morgan fingerprint density at radius 3 is 2.69 bits per heavy atom. The molecule has 29 heavy (non-hydrogen) atoms. The van der Waals surface area contributed by atoms with Crippen LogP contribution in [0.4, 0.5) is 0 Å². The van der Waals surface area contributed by atoms with Crippen molar-refractivity contribution in [3.8, 4) is 11.6 Å². The van der Waals surface area contributed by atoms with Gasteiger partial charge in [0.2, 0.25) is 17.6 Å². The average molecular weight is 415 g/mol. The van der Waals surface area contributed by atoms with Crippen LogP contribution in [0.5, 0.6) is 0 Å². The van der Waals surface area contributed by atoms with Gasteiger partial charge in [-0.1, -0.05) is 35.0 Å². The largest absolute Gasteiger partial charge is 0.461 e. The first-order valence-electron chi connectivity index (χ1n) is 9.74. The van der Waals surface area contributed by atoms with Gasteiger partial charge in [0.25, 0.3) is 0 Å². The van der Waals surface area contributed by atoms with Gasteiger partial charge in [-0.3, -0.25) is 9.69 Å². The van der Waals surface area contributed by atoms with E-state index in [-0.39, 0.29) is 11.9 Å². The van der Waals surface area contributed by atoms with Crippen LogP contribution in [0.2, 0.25) is 5.02 Å². The summed E-state index contributed by atoms with van der Waals surface area (Å²) >= 11 is 6.33. The Balaban J connectivity index is 1.27. The summed E-state index contributed by atoms with van der Waals surface area (Å²) in [5, 5.41) is 4.68. The standard InChI is InChI=1S/C21H23ClN4O3/c1-15(16-5-2-3-6-17(16)22)25-10-12-26(13-11-25)20(27)9-8-19-23-21(24-29-19)18-7-4-14-28-18/h2-7,14-15H,8-13H2,1H3. The molecule has 0 aliphatic carbocycles. The van der Waals surface area contributed by atoms with Crippen LogP contribution in [0.1, 0.15) is 30.8 Å². The monoisotopic (exact) mass is 414 g/mol. The van der Waals surface area contributed by atoms with Crippen LogP contribution in [-0.4, -0.2) is 52.0 Å². The van der Waals surface area contributed by atoms with Crippen LogP contribution in [-0.2, 0) is 11.2 Å². The van der Waals surface area contributed by atoms with E-state index >= 15 is 0 Å². The Morgan fingerprint density at radius 1 is 1.17 bits per heavy atom. The zero-order chi connectivity index (χ0) is 20.2. The fourth-order valence-corrected chi connectivity index (χ4v) is 3.90. The normalized spacial score (nSPS) is 16.1. The van der Waals surface area contributed by atoms with Crippen molar-refractivity contribution in [2.24, 2.45) is 0 Å². The third-order valence-electron chi connectivity index (χ3n) is 5.33. The third kappa shape index (κ3) is 4.52. The average Bonchev–Trinajstić information content (AvgIpc) is 3.44. The summed E-state index contributed by atoms with van der Waals surface area (Å²) in [6.07, 6.45) is 2.32. The SMILES string of the molecule is CC(c1ccccc1Cl)N1CCN(C(=O)CCc2nc(-c3ccco3)no2)CC1. The van der Waals surface area contributed by atoms with E-state index in [1.54, 1.807) is 18.4 Å². The molecule has 1 saturated heterocycles. The first-order valence-corrected chi connectivity index (χ1v) is 10.1. The molecule has 0 bridgehead atoms. The molecule has 8 heteroatoms. The number of aromatic nitrogens is 2. The molecule has 1 amide bonds. The van der Waals surface area contributed by atoms with E-state index < -0.39 is 0 Å². The van der Waals surface area contributed by atoms with Crippen molar-refractivity contribution < 1.29 is 13.7 Å². The minimum absolute atomic E-state index is 0.104. The van der Waals surface area contributed by atoms with E-state index in [4.69, 9.17) is 20.5 Å². The van der Waals surface area contributed by atoms with Gasteiger partial charge in [-0.05, 0) is 30.7 Å². The van der Waals surface area contributed by atoms with E-state index in [0.29, 0.717) is 43.4 Å². The number of furan rings is 1. The van der Waals surface area contributed by atoms with Crippen molar-refractivity contribution >= 4 is 17.5 Å². The molecule has 0 N–H and O–H groups in total. The number of carbonyl (C=O) groups is 1. The molecule has 0 radical (unpaired) electrons. The summed E-state index contributed by atoms with van der Waals surface area (Å²) < 4.78 is 10.5. The van der Waals surface area contributed by atoms with Gasteiger partial charge in [0.15, 0.2) is 5.76 Å². The summed E-state index contributed by atoms with van der Waals surface area (Å²) in [4.78, 5) is 21.1. The number of nitrogens with zero attached hydrogens (tertiary/aromatic N) is 4. The highest BCUT2D eigenvalue weighted by atomic mass is 35.5. The van der Waals surface area contributed by atoms with E-state index in [0.717, 1.165) is 23.7 Å². The van der Waals surface area contributed by atoms with Gasteiger partial charge in [0, 0.05) is 50.1 Å². The van der Waals surface area contributed by atoms with Gasteiger partial charge in [0.1, 0.15) is 0 Å². The predicted molar refractivity (Wildman–Crippen MR) is 108 cm³/mol. The minimum Gasteiger partial charge on any atom is -0.461 e. The van der Waals surface area contributed by atoms with Crippen molar-refractivity contribution in [3.05, 3.63) is 59.1 Å². The summed E-state index contributed by atoms with van der Waals surface area (Å²) in [6.45, 7) is 5.21. The first-order chi connectivity index (χ1) is 14.1. The smallest absolute Gasteiger partial charge is 0.238 e. The molecular formula is C21H23ClN4O3. The Kier molecular flexibility index (Phi) is 5.97. The Bertz CT molecular complexity index is 949. The fraction of sp³-hybridized carbons (Fsp3) is 0.381. The zero-order valence-corrected chi connectivity index (χ0v) is 17.0. The Hall–Kier alpha value is -2.64. The molecule has 1 unspecified atom stereocenters. The number of hydrogen-bond donors (Lipinski definition) is 0. The van der Waals surface area contributed by atoms with E-state index in [1.807, 2.05) is 23.1 Å². The lowest BCUT2D eigenvalue weighted by Crippen LogP contribution is -2.49. The lowest BCUT2D eigenvalue weighted by atomic mass is 10.1. The van der Waals surface area contributed by atoms with E-state index in [1.165, 1.54) is 0 Å². The molecule has 152 valence electrons. The molecule has 1 aliphatic heterocycles. The van der Waals surface area contributed by atoms with Crippen LogP contribution in [0, 0.1) is 0 Å². The molecule has 0 saturated carbocycles. The number of benzene rings is 1. The number of carbonyl (C=O) groups excluding carboxylic acids is 1. The van der Waals surface area contributed by atoms with Crippen LogP contribution in [0.15, 0.2) is 51.6 Å². The highest BCUT2D eigenvalue weighted by molar-refractivity contribution is 6.31. The van der Waals surface area contributed by atoms with Gasteiger partial charge < -0.3 is 13.8 Å². The molecule has 4 rings (SSSR count). The second kappa shape index (κ2) is 8.80. The van der Waals surface area contributed by atoms with Crippen molar-refractivity contribution in [1.29, 1.82) is 0 Å². The van der Waals surface area contributed by atoms with Gasteiger partial charge in [-0.25, -0.2) is 0 Å². The van der Waals surface area contributed by atoms with E-state index in [2.05, 4.69) is 28.0 Å². The molecule has 1 aliphatic rings. The summed E-state index contributed by atoms with van der Waals surface area (Å²) in [5.74, 6) is 1.50. The first kappa shape index (κ1) is 19.7. The van der Waals surface area contributed by atoms with E-state index in [9.17, 15) is 4.79 Å². The zero-order valence-electron chi connectivity index (χ0n) is 16.3. The molecule has 0 spiro atoms. The molecular weight excluding hydrogens is 392 g/mol.